The average Bonchev–Trinajstić information content (AvgIpc) is 2.85. The first-order valence-electron chi connectivity index (χ1n) is 5.75. The Balaban J connectivity index is 2.22. The molecular formula is C12H20N2O2S. The summed E-state index contributed by atoms with van der Waals surface area (Å²) in [7, 11) is 0. The standard InChI is InChI=1S/C12H20N2O2S/c1-9(6-13)8-17-10(2)12(15)14-7-11-4-3-5-16-11/h3-5,9-10H,6-8,13H2,1-2H3,(H,14,15). The summed E-state index contributed by atoms with van der Waals surface area (Å²) in [6.07, 6.45) is 1.60. The van der Waals surface area contributed by atoms with E-state index in [0.717, 1.165) is 11.5 Å². The third-order valence-electron chi connectivity index (χ3n) is 2.42. The van der Waals surface area contributed by atoms with Crippen molar-refractivity contribution in [1.82, 2.24) is 5.32 Å². The van der Waals surface area contributed by atoms with Crippen LogP contribution in [-0.2, 0) is 11.3 Å². The van der Waals surface area contributed by atoms with Crippen LogP contribution in [0, 0.1) is 5.92 Å². The van der Waals surface area contributed by atoms with Crippen molar-refractivity contribution in [3.05, 3.63) is 24.2 Å². The molecule has 0 aromatic carbocycles. The summed E-state index contributed by atoms with van der Waals surface area (Å²) in [4.78, 5) is 11.7. The first kappa shape index (κ1) is 14.1. The van der Waals surface area contributed by atoms with Gasteiger partial charge in [0, 0.05) is 0 Å². The van der Waals surface area contributed by atoms with E-state index in [1.54, 1.807) is 18.0 Å². The molecule has 0 aliphatic rings. The molecule has 0 bridgehead atoms. The molecule has 1 heterocycles. The van der Waals surface area contributed by atoms with Crippen LogP contribution in [0.25, 0.3) is 0 Å². The van der Waals surface area contributed by atoms with Gasteiger partial charge in [-0.1, -0.05) is 6.92 Å². The Morgan fingerprint density at radius 3 is 2.94 bits per heavy atom. The van der Waals surface area contributed by atoms with Crippen molar-refractivity contribution in [3.63, 3.8) is 0 Å². The van der Waals surface area contributed by atoms with Crippen LogP contribution < -0.4 is 11.1 Å². The first-order valence-corrected chi connectivity index (χ1v) is 6.80. The van der Waals surface area contributed by atoms with Gasteiger partial charge in [0.15, 0.2) is 0 Å². The molecule has 0 saturated heterocycles. The Bertz CT molecular complexity index is 327. The van der Waals surface area contributed by atoms with Gasteiger partial charge in [0.2, 0.25) is 5.91 Å². The lowest BCUT2D eigenvalue weighted by Gasteiger charge is -2.13. The highest BCUT2D eigenvalue weighted by atomic mass is 32.2. The Morgan fingerprint density at radius 1 is 1.59 bits per heavy atom. The Hall–Kier alpha value is -0.940. The van der Waals surface area contributed by atoms with Gasteiger partial charge in [0.1, 0.15) is 5.76 Å². The molecule has 1 rings (SSSR count). The van der Waals surface area contributed by atoms with Crippen molar-refractivity contribution in [2.24, 2.45) is 11.7 Å². The first-order chi connectivity index (χ1) is 8.13. The second kappa shape index (κ2) is 7.40. The number of hydrogen-bond donors (Lipinski definition) is 2. The molecule has 2 unspecified atom stereocenters. The zero-order valence-electron chi connectivity index (χ0n) is 10.3. The number of nitrogens with two attached hydrogens (primary N) is 1. The highest BCUT2D eigenvalue weighted by molar-refractivity contribution is 8.00. The van der Waals surface area contributed by atoms with E-state index in [0.29, 0.717) is 19.0 Å². The second-order valence-electron chi connectivity index (χ2n) is 4.11. The number of thioether (sulfide) groups is 1. The molecule has 1 amide bonds. The fraction of sp³-hybridized carbons (Fsp3) is 0.583. The number of amides is 1. The highest BCUT2D eigenvalue weighted by Crippen LogP contribution is 2.14. The molecule has 0 aliphatic heterocycles. The molecule has 17 heavy (non-hydrogen) atoms. The number of nitrogens with one attached hydrogen (secondary N) is 1. The van der Waals surface area contributed by atoms with E-state index in [1.807, 2.05) is 19.1 Å². The minimum absolute atomic E-state index is 0.0376. The van der Waals surface area contributed by atoms with Crippen LogP contribution in [0.2, 0.25) is 0 Å². The van der Waals surface area contributed by atoms with Crippen LogP contribution >= 0.6 is 11.8 Å². The van der Waals surface area contributed by atoms with Crippen LogP contribution in [0.1, 0.15) is 19.6 Å². The van der Waals surface area contributed by atoms with Gasteiger partial charge in [-0.2, -0.15) is 0 Å². The minimum Gasteiger partial charge on any atom is -0.467 e. The van der Waals surface area contributed by atoms with Crippen molar-refractivity contribution >= 4 is 17.7 Å². The maximum absolute atomic E-state index is 11.7. The zero-order valence-corrected chi connectivity index (χ0v) is 11.1. The SMILES string of the molecule is CC(CN)CSC(C)C(=O)NCc1ccco1. The number of carbonyl (C=O) groups excluding carboxylic acids is 1. The summed E-state index contributed by atoms with van der Waals surface area (Å²) in [6, 6.07) is 3.65. The summed E-state index contributed by atoms with van der Waals surface area (Å²) >= 11 is 1.63. The van der Waals surface area contributed by atoms with Crippen molar-refractivity contribution in [1.29, 1.82) is 0 Å². The summed E-state index contributed by atoms with van der Waals surface area (Å²) in [5.74, 6) is 2.16. The van der Waals surface area contributed by atoms with Gasteiger partial charge in [-0.15, -0.1) is 11.8 Å². The lowest BCUT2D eigenvalue weighted by molar-refractivity contribution is -0.120. The monoisotopic (exact) mass is 256 g/mol. The predicted molar refractivity (Wildman–Crippen MR) is 70.7 cm³/mol. The van der Waals surface area contributed by atoms with Crippen molar-refractivity contribution in [2.45, 2.75) is 25.6 Å². The molecule has 1 aromatic heterocycles. The summed E-state index contributed by atoms with van der Waals surface area (Å²) in [6.45, 7) is 5.10. The molecular weight excluding hydrogens is 236 g/mol. The van der Waals surface area contributed by atoms with Gasteiger partial charge in [-0.3, -0.25) is 4.79 Å². The quantitative estimate of drug-likeness (QED) is 0.777. The van der Waals surface area contributed by atoms with Gasteiger partial charge in [0.25, 0.3) is 0 Å². The van der Waals surface area contributed by atoms with E-state index < -0.39 is 0 Å². The average molecular weight is 256 g/mol. The topological polar surface area (TPSA) is 68.3 Å². The zero-order chi connectivity index (χ0) is 12.7. The van der Waals surface area contributed by atoms with E-state index in [1.165, 1.54) is 0 Å². The van der Waals surface area contributed by atoms with E-state index in [4.69, 9.17) is 10.2 Å². The predicted octanol–water partition coefficient (Wildman–Crippen LogP) is 1.61. The highest BCUT2D eigenvalue weighted by Gasteiger charge is 2.14. The Morgan fingerprint density at radius 2 is 2.35 bits per heavy atom. The molecule has 0 radical (unpaired) electrons. The van der Waals surface area contributed by atoms with Crippen LogP contribution in [0.5, 0.6) is 0 Å². The number of carbonyl (C=O) groups is 1. The summed E-state index contributed by atoms with van der Waals surface area (Å²) in [5.41, 5.74) is 5.53. The van der Waals surface area contributed by atoms with Gasteiger partial charge >= 0.3 is 0 Å². The molecule has 0 fully saturated rings. The molecule has 0 aliphatic carbocycles. The van der Waals surface area contributed by atoms with Crippen LogP contribution in [0.4, 0.5) is 0 Å². The van der Waals surface area contributed by atoms with Crippen LogP contribution in [0.3, 0.4) is 0 Å². The van der Waals surface area contributed by atoms with E-state index in [2.05, 4.69) is 12.2 Å². The number of furan rings is 1. The third kappa shape index (κ3) is 5.28. The van der Waals surface area contributed by atoms with Gasteiger partial charge in [0.05, 0.1) is 18.1 Å². The minimum atomic E-state index is -0.0565. The molecule has 1 aromatic rings. The normalized spacial score (nSPS) is 14.3. The molecule has 0 saturated carbocycles. The molecule has 96 valence electrons. The molecule has 3 N–H and O–H groups in total. The van der Waals surface area contributed by atoms with Gasteiger partial charge in [-0.05, 0) is 37.3 Å². The maximum Gasteiger partial charge on any atom is 0.233 e. The van der Waals surface area contributed by atoms with Crippen molar-refractivity contribution < 1.29 is 9.21 Å². The van der Waals surface area contributed by atoms with Gasteiger partial charge < -0.3 is 15.5 Å². The van der Waals surface area contributed by atoms with E-state index in [9.17, 15) is 4.79 Å². The third-order valence-corrected chi connectivity index (χ3v) is 3.89. The maximum atomic E-state index is 11.7. The lowest BCUT2D eigenvalue weighted by atomic mass is 10.2. The summed E-state index contributed by atoms with van der Waals surface area (Å²) < 4.78 is 5.14. The van der Waals surface area contributed by atoms with Crippen molar-refractivity contribution in [2.75, 3.05) is 12.3 Å². The lowest BCUT2D eigenvalue weighted by Crippen LogP contribution is -2.31. The fourth-order valence-corrected chi connectivity index (χ4v) is 2.17. The molecule has 4 nitrogen and oxygen atoms in total. The van der Waals surface area contributed by atoms with Gasteiger partial charge in [-0.25, -0.2) is 0 Å². The van der Waals surface area contributed by atoms with Crippen molar-refractivity contribution in [3.8, 4) is 0 Å². The molecule has 5 heteroatoms. The largest absolute Gasteiger partial charge is 0.467 e. The molecule has 0 spiro atoms. The van der Waals surface area contributed by atoms with Crippen LogP contribution in [0.15, 0.2) is 22.8 Å². The summed E-state index contributed by atoms with van der Waals surface area (Å²) in [5, 5.41) is 2.79. The Kier molecular flexibility index (Phi) is 6.15. The Labute approximate surface area is 106 Å². The van der Waals surface area contributed by atoms with E-state index >= 15 is 0 Å². The fourth-order valence-electron chi connectivity index (χ4n) is 1.18. The van der Waals surface area contributed by atoms with E-state index in [-0.39, 0.29) is 11.2 Å². The second-order valence-corrected chi connectivity index (χ2v) is 5.49. The van der Waals surface area contributed by atoms with Crippen LogP contribution in [-0.4, -0.2) is 23.5 Å². The molecule has 2 atom stereocenters. The number of rotatable bonds is 7. The smallest absolute Gasteiger partial charge is 0.233 e. The number of hydrogen-bond acceptors (Lipinski definition) is 4.